The highest BCUT2D eigenvalue weighted by Crippen LogP contribution is 2.42. The van der Waals surface area contributed by atoms with Crippen LogP contribution in [0, 0.1) is 5.92 Å². The fraction of sp³-hybridized carbons (Fsp3) is 0.444. The first kappa shape index (κ1) is 23.2. The Kier molecular flexibility index (Phi) is 6.13. The number of amides is 1. The van der Waals surface area contributed by atoms with Crippen LogP contribution in [0.1, 0.15) is 50.6 Å². The highest BCUT2D eigenvalue weighted by molar-refractivity contribution is 5.96. The van der Waals surface area contributed by atoms with E-state index in [1.807, 2.05) is 38.2 Å². The number of carbonyl (C=O) groups is 2. The maximum Gasteiger partial charge on any atom is 0.414 e. The second-order valence-corrected chi connectivity index (χ2v) is 9.68. The van der Waals surface area contributed by atoms with Crippen LogP contribution in [0.4, 0.5) is 22.1 Å². The number of hydrogen-bond acceptors (Lipinski definition) is 5. The van der Waals surface area contributed by atoms with Gasteiger partial charge in [-0.25, -0.2) is 9.78 Å². The van der Waals surface area contributed by atoms with Gasteiger partial charge in [0, 0.05) is 30.4 Å². The third-order valence-electron chi connectivity index (χ3n) is 7.66. The number of aromatic nitrogens is 2. The van der Waals surface area contributed by atoms with Crippen molar-refractivity contribution >= 4 is 40.4 Å². The standard InChI is InChI=1S/C27H32N4O4/c1-17-9-14-21-22(30(17)27(34)35-3)15-16-23-24(21)28-26(29(2)19-7-5-4-6-8-19)31(23)20-12-10-18(11-13-20)25(32)33/h4-8,15-18,20H,9-14H2,1-3H3,(H,32,33). The van der Waals surface area contributed by atoms with Crippen LogP contribution in [0.25, 0.3) is 11.0 Å². The van der Waals surface area contributed by atoms with Crippen molar-refractivity contribution in [1.29, 1.82) is 0 Å². The van der Waals surface area contributed by atoms with Crippen LogP contribution in [-0.2, 0) is 16.0 Å². The second kappa shape index (κ2) is 9.24. The van der Waals surface area contributed by atoms with Crippen LogP contribution in [0.15, 0.2) is 42.5 Å². The number of imidazole rings is 1. The molecule has 2 aliphatic rings. The average Bonchev–Trinajstić information content (AvgIpc) is 3.28. The zero-order valence-corrected chi connectivity index (χ0v) is 20.5. The van der Waals surface area contributed by atoms with Crippen molar-refractivity contribution in [2.75, 3.05) is 24.0 Å². The maximum absolute atomic E-state index is 12.6. The number of ether oxygens (including phenoxy) is 1. The lowest BCUT2D eigenvalue weighted by Gasteiger charge is -2.34. The highest BCUT2D eigenvalue weighted by Gasteiger charge is 2.34. The van der Waals surface area contributed by atoms with Crippen molar-refractivity contribution in [2.24, 2.45) is 5.92 Å². The molecule has 2 heterocycles. The van der Waals surface area contributed by atoms with Gasteiger partial charge in [0.1, 0.15) is 0 Å². The molecule has 35 heavy (non-hydrogen) atoms. The van der Waals surface area contributed by atoms with Gasteiger partial charge in [-0.1, -0.05) is 18.2 Å². The number of rotatable bonds is 4. The second-order valence-electron chi connectivity index (χ2n) is 9.68. The average molecular weight is 477 g/mol. The number of anilines is 3. The summed E-state index contributed by atoms with van der Waals surface area (Å²) in [5.41, 5.74) is 4.88. The quantitative estimate of drug-likeness (QED) is 0.533. The molecule has 1 aliphatic carbocycles. The minimum absolute atomic E-state index is 0.0484. The Bertz CT molecular complexity index is 1250. The van der Waals surface area contributed by atoms with E-state index in [2.05, 4.69) is 27.7 Å². The molecule has 2 aromatic carbocycles. The first-order valence-corrected chi connectivity index (χ1v) is 12.3. The van der Waals surface area contributed by atoms with Crippen LogP contribution in [0.3, 0.4) is 0 Å². The van der Waals surface area contributed by atoms with Crippen molar-refractivity contribution in [3.8, 4) is 0 Å². The number of nitrogens with zero attached hydrogens (tertiary/aromatic N) is 4. The summed E-state index contributed by atoms with van der Waals surface area (Å²) in [6.45, 7) is 2.04. The number of benzene rings is 2. The predicted octanol–water partition coefficient (Wildman–Crippen LogP) is 5.53. The van der Waals surface area contributed by atoms with Gasteiger partial charge in [0.15, 0.2) is 0 Å². The SMILES string of the molecule is COC(=O)N1c2ccc3c(nc(N(C)c4ccccc4)n3C3CCC(C(=O)O)CC3)c2CCC1C. The van der Waals surface area contributed by atoms with Crippen molar-refractivity contribution in [3.05, 3.63) is 48.0 Å². The van der Waals surface area contributed by atoms with Crippen molar-refractivity contribution < 1.29 is 19.4 Å². The summed E-state index contributed by atoms with van der Waals surface area (Å²) in [5.74, 6) is -0.146. The molecular weight excluding hydrogens is 444 g/mol. The van der Waals surface area contributed by atoms with Gasteiger partial charge in [0.25, 0.3) is 0 Å². The lowest BCUT2D eigenvalue weighted by molar-refractivity contribution is -0.143. The number of carboxylic acids is 1. The molecular formula is C27H32N4O4. The van der Waals surface area contributed by atoms with Gasteiger partial charge < -0.3 is 19.3 Å². The van der Waals surface area contributed by atoms with E-state index >= 15 is 0 Å². The first-order chi connectivity index (χ1) is 16.9. The monoisotopic (exact) mass is 476 g/mol. The van der Waals surface area contributed by atoms with Crippen LogP contribution < -0.4 is 9.80 Å². The topological polar surface area (TPSA) is 87.9 Å². The fourth-order valence-corrected chi connectivity index (χ4v) is 5.71. The van der Waals surface area contributed by atoms with E-state index in [9.17, 15) is 14.7 Å². The summed E-state index contributed by atoms with van der Waals surface area (Å²) in [6.07, 6.45) is 4.21. The smallest absolute Gasteiger partial charge is 0.414 e. The summed E-state index contributed by atoms with van der Waals surface area (Å²) in [7, 11) is 3.43. The van der Waals surface area contributed by atoms with Gasteiger partial charge in [-0.05, 0) is 69.7 Å². The summed E-state index contributed by atoms with van der Waals surface area (Å²) in [6, 6.07) is 14.4. The number of carbonyl (C=O) groups excluding carboxylic acids is 1. The molecule has 1 fully saturated rings. The van der Waals surface area contributed by atoms with Crippen molar-refractivity contribution in [3.63, 3.8) is 0 Å². The number of methoxy groups -OCH3 is 1. The van der Waals surface area contributed by atoms with Gasteiger partial charge in [0.2, 0.25) is 5.95 Å². The minimum Gasteiger partial charge on any atom is -0.481 e. The molecule has 8 nitrogen and oxygen atoms in total. The summed E-state index contributed by atoms with van der Waals surface area (Å²) >= 11 is 0. The summed E-state index contributed by atoms with van der Waals surface area (Å²) in [5, 5.41) is 9.49. The molecule has 8 heteroatoms. The number of aryl methyl sites for hydroxylation is 1. The zero-order chi connectivity index (χ0) is 24.7. The van der Waals surface area contributed by atoms with E-state index in [0.29, 0.717) is 12.8 Å². The van der Waals surface area contributed by atoms with Crippen molar-refractivity contribution in [2.45, 2.75) is 57.5 Å². The van der Waals surface area contributed by atoms with Crippen LogP contribution in [0.2, 0.25) is 0 Å². The molecule has 184 valence electrons. The molecule has 1 unspecified atom stereocenters. The molecule has 1 N–H and O–H groups in total. The minimum atomic E-state index is -0.702. The van der Waals surface area contributed by atoms with E-state index in [-0.39, 0.29) is 24.1 Å². The molecule has 1 saturated carbocycles. The van der Waals surface area contributed by atoms with E-state index in [0.717, 1.165) is 59.6 Å². The van der Waals surface area contributed by atoms with Gasteiger partial charge in [0.05, 0.1) is 29.7 Å². The van der Waals surface area contributed by atoms with Gasteiger partial charge >= 0.3 is 12.1 Å². The van der Waals surface area contributed by atoms with Crippen molar-refractivity contribution in [1.82, 2.24) is 9.55 Å². The van der Waals surface area contributed by atoms with E-state index < -0.39 is 5.97 Å². The van der Waals surface area contributed by atoms with E-state index in [4.69, 9.17) is 9.72 Å². The highest BCUT2D eigenvalue weighted by atomic mass is 16.5. The number of aliphatic carboxylic acids is 1. The Hall–Kier alpha value is -3.55. The molecule has 1 amide bonds. The normalized spacial score (nSPS) is 22.0. The Morgan fingerprint density at radius 1 is 1.06 bits per heavy atom. The molecule has 1 atom stereocenters. The number of fused-ring (bicyclic) bond motifs is 3. The van der Waals surface area contributed by atoms with Gasteiger partial charge in [-0.15, -0.1) is 0 Å². The number of hydrogen-bond donors (Lipinski definition) is 1. The van der Waals surface area contributed by atoms with E-state index in [1.54, 1.807) is 4.90 Å². The molecule has 1 aromatic heterocycles. The molecule has 0 saturated heterocycles. The van der Waals surface area contributed by atoms with Crippen LogP contribution in [0.5, 0.6) is 0 Å². The lowest BCUT2D eigenvalue weighted by atomic mass is 9.86. The fourth-order valence-electron chi connectivity index (χ4n) is 5.71. The van der Waals surface area contributed by atoms with Gasteiger partial charge in [-0.3, -0.25) is 9.69 Å². The third kappa shape index (κ3) is 4.00. The Morgan fingerprint density at radius 2 is 1.77 bits per heavy atom. The third-order valence-corrected chi connectivity index (χ3v) is 7.66. The predicted molar refractivity (Wildman–Crippen MR) is 136 cm³/mol. The molecule has 0 radical (unpaired) electrons. The summed E-state index contributed by atoms with van der Waals surface area (Å²) < 4.78 is 7.38. The van der Waals surface area contributed by atoms with Crippen LogP contribution >= 0.6 is 0 Å². The summed E-state index contributed by atoms with van der Waals surface area (Å²) in [4.78, 5) is 33.1. The molecule has 3 aromatic rings. The Labute approximate surface area is 205 Å². The molecule has 1 aliphatic heterocycles. The van der Waals surface area contributed by atoms with E-state index in [1.165, 1.54) is 7.11 Å². The number of carboxylic acid groups (broad SMARTS) is 1. The largest absolute Gasteiger partial charge is 0.481 e. The Balaban J connectivity index is 1.65. The molecule has 0 spiro atoms. The van der Waals surface area contributed by atoms with Crippen LogP contribution in [-0.4, -0.2) is 46.9 Å². The lowest BCUT2D eigenvalue weighted by Crippen LogP contribution is -2.42. The number of para-hydroxylation sites is 1. The first-order valence-electron chi connectivity index (χ1n) is 12.3. The maximum atomic E-state index is 12.6. The Morgan fingerprint density at radius 3 is 2.43 bits per heavy atom. The van der Waals surface area contributed by atoms with Gasteiger partial charge in [-0.2, -0.15) is 0 Å². The molecule has 5 rings (SSSR count). The molecule has 0 bridgehead atoms. The zero-order valence-electron chi connectivity index (χ0n) is 20.5.